The monoisotopic (exact) mass is 366 g/mol. The van der Waals surface area contributed by atoms with E-state index in [2.05, 4.69) is 94.5 Å². The van der Waals surface area contributed by atoms with E-state index in [1.807, 2.05) is 6.92 Å². The second-order valence-corrected chi connectivity index (χ2v) is 11.9. The summed E-state index contributed by atoms with van der Waals surface area (Å²) in [6.07, 6.45) is 8.44. The summed E-state index contributed by atoms with van der Waals surface area (Å²) in [5.41, 5.74) is 1.96. The minimum absolute atomic E-state index is 0.0172. The smallest absolute Gasteiger partial charge is 0.344 e. The second-order valence-electron chi connectivity index (χ2n) is 7.63. The van der Waals surface area contributed by atoms with Crippen LogP contribution in [0.4, 0.5) is 0 Å². The quantitative estimate of drug-likeness (QED) is 0.443. The maximum atomic E-state index is 6.89. The zero-order chi connectivity index (χ0) is 18.7. The molecule has 138 valence electrons. The first-order valence-electron chi connectivity index (χ1n) is 9.62. The van der Waals surface area contributed by atoms with Crippen LogP contribution < -0.4 is 0 Å². The molecular formula is C23H30O2Si. The van der Waals surface area contributed by atoms with Crippen molar-refractivity contribution in [3.05, 3.63) is 72.3 Å². The molecule has 3 rings (SSSR count). The molecule has 0 N–H and O–H groups in total. The molecule has 2 aromatic rings. The first-order chi connectivity index (χ1) is 12.5. The van der Waals surface area contributed by atoms with Gasteiger partial charge in [0.2, 0.25) is 0 Å². The van der Waals surface area contributed by atoms with Crippen LogP contribution in [-0.2, 0) is 8.85 Å². The molecule has 0 saturated carbocycles. The van der Waals surface area contributed by atoms with Gasteiger partial charge in [0.05, 0.1) is 12.2 Å². The van der Waals surface area contributed by atoms with Crippen LogP contribution in [0.15, 0.2) is 66.8 Å². The van der Waals surface area contributed by atoms with Crippen molar-refractivity contribution in [1.82, 2.24) is 0 Å². The first kappa shape index (κ1) is 19.1. The van der Waals surface area contributed by atoms with Crippen molar-refractivity contribution < 1.29 is 8.85 Å². The van der Waals surface area contributed by atoms with Crippen molar-refractivity contribution in [1.29, 1.82) is 0 Å². The van der Waals surface area contributed by atoms with Crippen LogP contribution in [0.5, 0.6) is 0 Å². The number of allylic oxidation sites excluding steroid dienone is 1. The maximum Gasteiger partial charge on any atom is 0.344 e. The summed E-state index contributed by atoms with van der Waals surface area (Å²) in [6.45, 7) is 11.0. The van der Waals surface area contributed by atoms with Crippen LogP contribution in [-0.4, -0.2) is 14.7 Å². The fraction of sp³-hybridized carbons (Fsp3) is 0.391. The maximum absolute atomic E-state index is 6.89. The predicted molar refractivity (Wildman–Crippen MR) is 113 cm³/mol. The molecule has 0 fully saturated rings. The molecule has 0 unspecified atom stereocenters. The van der Waals surface area contributed by atoms with Gasteiger partial charge in [0.1, 0.15) is 0 Å². The minimum atomic E-state index is -2.44. The van der Waals surface area contributed by atoms with Crippen molar-refractivity contribution in [2.45, 2.75) is 57.9 Å². The highest BCUT2D eigenvalue weighted by atomic mass is 28.4. The molecule has 0 radical (unpaired) electrons. The summed E-state index contributed by atoms with van der Waals surface area (Å²) in [6, 6.07) is 15.0. The van der Waals surface area contributed by atoms with Gasteiger partial charge in [-0.15, -0.1) is 0 Å². The van der Waals surface area contributed by atoms with Crippen molar-refractivity contribution in [3.63, 3.8) is 0 Å². The van der Waals surface area contributed by atoms with E-state index in [-0.39, 0.29) is 12.2 Å². The van der Waals surface area contributed by atoms with Crippen molar-refractivity contribution in [3.8, 4) is 0 Å². The molecule has 0 spiro atoms. The Hall–Kier alpha value is -1.68. The van der Waals surface area contributed by atoms with Crippen LogP contribution in [0, 0.1) is 0 Å². The van der Waals surface area contributed by atoms with E-state index in [0.29, 0.717) is 11.1 Å². The first-order valence-corrected chi connectivity index (χ1v) is 11.6. The van der Waals surface area contributed by atoms with Gasteiger partial charge in [0.25, 0.3) is 0 Å². The Morgan fingerprint density at radius 3 is 2.27 bits per heavy atom. The van der Waals surface area contributed by atoms with Gasteiger partial charge in [-0.25, -0.2) is 0 Å². The number of rotatable bonds is 4. The van der Waals surface area contributed by atoms with E-state index in [9.17, 15) is 0 Å². The highest BCUT2D eigenvalue weighted by Crippen LogP contribution is 2.42. The third-order valence-electron chi connectivity index (χ3n) is 5.23. The van der Waals surface area contributed by atoms with Crippen molar-refractivity contribution in [2.24, 2.45) is 0 Å². The van der Waals surface area contributed by atoms with Gasteiger partial charge in [-0.1, -0.05) is 94.5 Å². The molecule has 1 aliphatic heterocycles. The number of benzene rings is 2. The summed E-state index contributed by atoms with van der Waals surface area (Å²) in [7, 11) is -2.44. The number of hydrogen-bond acceptors (Lipinski definition) is 2. The van der Waals surface area contributed by atoms with E-state index in [0.717, 1.165) is 0 Å². The van der Waals surface area contributed by atoms with Gasteiger partial charge in [0.15, 0.2) is 0 Å². The molecule has 0 aromatic heterocycles. The summed E-state index contributed by atoms with van der Waals surface area (Å²) >= 11 is 0. The summed E-state index contributed by atoms with van der Waals surface area (Å²) < 4.78 is 13.6. The molecule has 0 amide bonds. The fourth-order valence-electron chi connectivity index (χ4n) is 3.90. The van der Waals surface area contributed by atoms with E-state index < -0.39 is 8.56 Å². The predicted octanol–water partition coefficient (Wildman–Crippen LogP) is 6.69. The Morgan fingerprint density at radius 2 is 1.58 bits per heavy atom. The summed E-state index contributed by atoms with van der Waals surface area (Å²) in [5.74, 6) is 0. The van der Waals surface area contributed by atoms with Gasteiger partial charge in [-0.05, 0) is 34.3 Å². The third-order valence-corrected chi connectivity index (χ3v) is 9.71. The van der Waals surface area contributed by atoms with Gasteiger partial charge in [-0.3, -0.25) is 0 Å². The highest BCUT2D eigenvalue weighted by Gasteiger charge is 2.48. The van der Waals surface area contributed by atoms with Crippen LogP contribution >= 0.6 is 0 Å². The molecule has 0 saturated heterocycles. The largest absolute Gasteiger partial charge is 0.384 e. The summed E-state index contributed by atoms with van der Waals surface area (Å²) in [4.78, 5) is 0. The zero-order valence-electron chi connectivity index (χ0n) is 16.5. The second kappa shape index (κ2) is 7.91. The van der Waals surface area contributed by atoms with Gasteiger partial charge < -0.3 is 8.85 Å². The number of fused-ring (bicyclic) bond motifs is 1. The van der Waals surface area contributed by atoms with Crippen molar-refractivity contribution >= 4 is 19.3 Å². The molecule has 0 bridgehead atoms. The minimum Gasteiger partial charge on any atom is -0.384 e. The molecule has 0 aliphatic carbocycles. The molecule has 2 aromatic carbocycles. The molecule has 1 heterocycles. The SMILES string of the molecule is C/C=C/[C@@H]1C=C[C@H](c2cccc3ccccc23)O[Si](C(C)C)(C(C)C)O1. The van der Waals surface area contributed by atoms with E-state index in [4.69, 9.17) is 8.85 Å². The lowest BCUT2D eigenvalue weighted by atomic mass is 10.00. The highest BCUT2D eigenvalue weighted by molar-refractivity contribution is 6.70. The average molecular weight is 367 g/mol. The average Bonchev–Trinajstić information content (AvgIpc) is 2.82. The van der Waals surface area contributed by atoms with Crippen LogP contribution in [0.3, 0.4) is 0 Å². The normalized spacial score (nSPS) is 23.2. The third kappa shape index (κ3) is 3.57. The summed E-state index contributed by atoms with van der Waals surface area (Å²) in [5, 5.41) is 2.50. The van der Waals surface area contributed by atoms with Gasteiger partial charge >= 0.3 is 8.56 Å². The fourth-order valence-corrected chi connectivity index (χ4v) is 7.56. The standard InChI is InChI=1S/C23H30O2Si/c1-6-10-20-15-16-23(25-26(24-20,17(2)3)18(4)5)22-14-9-12-19-11-7-8-13-21(19)22/h6-18,20,23H,1-5H3/b10-6+/t20-,23-/m1/s1. The Bertz CT molecular complexity index is 793. The van der Waals surface area contributed by atoms with E-state index >= 15 is 0 Å². The Labute approximate surface area is 158 Å². The Kier molecular flexibility index (Phi) is 5.81. The topological polar surface area (TPSA) is 18.5 Å². The lowest BCUT2D eigenvalue weighted by molar-refractivity contribution is 0.127. The molecule has 3 heteroatoms. The van der Waals surface area contributed by atoms with Crippen LogP contribution in [0.2, 0.25) is 11.1 Å². The molecular weight excluding hydrogens is 336 g/mol. The van der Waals surface area contributed by atoms with Crippen molar-refractivity contribution in [2.75, 3.05) is 0 Å². The molecule has 2 nitrogen and oxygen atoms in total. The zero-order valence-corrected chi connectivity index (χ0v) is 17.5. The number of hydrogen-bond donors (Lipinski definition) is 0. The van der Waals surface area contributed by atoms with Gasteiger partial charge in [0, 0.05) is 0 Å². The van der Waals surface area contributed by atoms with E-state index in [1.54, 1.807) is 0 Å². The Morgan fingerprint density at radius 1 is 0.885 bits per heavy atom. The molecule has 26 heavy (non-hydrogen) atoms. The van der Waals surface area contributed by atoms with Gasteiger partial charge in [-0.2, -0.15) is 0 Å². The molecule has 2 atom stereocenters. The van der Waals surface area contributed by atoms with Crippen LogP contribution in [0.25, 0.3) is 10.8 Å². The lowest BCUT2D eigenvalue weighted by Gasteiger charge is -2.39. The Balaban J connectivity index is 2.12. The van der Waals surface area contributed by atoms with Crippen LogP contribution in [0.1, 0.15) is 46.3 Å². The van der Waals surface area contributed by atoms with E-state index in [1.165, 1.54) is 16.3 Å². The molecule has 1 aliphatic rings. The lowest BCUT2D eigenvalue weighted by Crippen LogP contribution is -2.49.